The van der Waals surface area contributed by atoms with Gasteiger partial charge in [-0.15, -0.1) is 11.3 Å². The number of hydrogen-bond donors (Lipinski definition) is 3. The van der Waals surface area contributed by atoms with Crippen LogP contribution in [-0.2, 0) is 16.1 Å². The molecule has 1 atom stereocenters. The summed E-state index contributed by atoms with van der Waals surface area (Å²) in [7, 11) is 1.21. The number of aliphatic hydroxyl groups excluding tert-OH is 1. The number of rotatable bonds is 7. The minimum absolute atomic E-state index is 0.0212. The molecular formula is C24H23F2N3O4S. The lowest BCUT2D eigenvalue weighted by atomic mass is 9.84. The Morgan fingerprint density at radius 1 is 1.29 bits per heavy atom. The van der Waals surface area contributed by atoms with E-state index in [1.54, 1.807) is 6.07 Å². The highest BCUT2D eigenvalue weighted by Crippen LogP contribution is 2.41. The number of nitrogens with one attached hydrogen (secondary N) is 2. The highest BCUT2D eigenvalue weighted by atomic mass is 32.1. The van der Waals surface area contributed by atoms with Crippen LogP contribution in [0.1, 0.15) is 46.3 Å². The Morgan fingerprint density at radius 3 is 2.65 bits per heavy atom. The fourth-order valence-electron chi connectivity index (χ4n) is 3.59. The van der Waals surface area contributed by atoms with Crippen molar-refractivity contribution < 1.29 is 28.2 Å². The first-order valence-electron chi connectivity index (χ1n) is 10.4. The highest BCUT2D eigenvalue weighted by molar-refractivity contribution is 7.14. The van der Waals surface area contributed by atoms with Crippen molar-refractivity contribution in [2.75, 3.05) is 7.11 Å². The molecule has 7 nitrogen and oxygen atoms in total. The fourth-order valence-corrected chi connectivity index (χ4v) is 4.63. The van der Waals surface area contributed by atoms with Gasteiger partial charge in [0.2, 0.25) is 0 Å². The minimum Gasteiger partial charge on any atom is -0.481 e. The zero-order valence-corrected chi connectivity index (χ0v) is 19.6. The van der Waals surface area contributed by atoms with Gasteiger partial charge in [-0.25, -0.2) is 8.78 Å². The molecule has 2 amide bonds. The normalized spacial score (nSPS) is 17.3. The standard InChI is InChI=1S/C24H23F2N3O4S/c1-12(2)8-17-14(10-27)20(21(23(31)29-17)24(32)33-3)18-6-7-19(34-18)22(30)28-11-13-4-5-15(25)16(26)9-13/h4-7,9,12,20,32H,8,11H2,1-3H3,(H,28,30)(H,29,31). The number of amides is 2. The van der Waals surface area contributed by atoms with Crippen LogP contribution in [0.4, 0.5) is 8.78 Å². The first kappa shape index (κ1) is 24.9. The molecule has 0 bridgehead atoms. The average Bonchev–Trinajstić information content (AvgIpc) is 3.28. The summed E-state index contributed by atoms with van der Waals surface area (Å²) in [6.07, 6.45) is 0.444. The van der Waals surface area contributed by atoms with E-state index in [1.165, 1.54) is 19.2 Å². The summed E-state index contributed by atoms with van der Waals surface area (Å²) >= 11 is 1.05. The molecular weight excluding hydrogens is 464 g/mol. The lowest BCUT2D eigenvalue weighted by Crippen LogP contribution is -2.36. The zero-order valence-electron chi connectivity index (χ0n) is 18.7. The number of nitrogens with zero attached hydrogens (tertiary/aromatic N) is 1. The molecule has 0 spiro atoms. The van der Waals surface area contributed by atoms with Gasteiger partial charge in [-0.1, -0.05) is 19.9 Å². The average molecular weight is 488 g/mol. The smallest absolute Gasteiger partial charge is 0.286 e. The van der Waals surface area contributed by atoms with Crippen molar-refractivity contribution in [3.63, 3.8) is 0 Å². The van der Waals surface area contributed by atoms with E-state index in [2.05, 4.69) is 16.7 Å². The van der Waals surface area contributed by atoms with Crippen LogP contribution < -0.4 is 10.6 Å². The molecule has 3 rings (SSSR count). The maximum atomic E-state index is 13.4. The highest BCUT2D eigenvalue weighted by Gasteiger charge is 2.38. The van der Waals surface area contributed by atoms with Gasteiger partial charge in [-0.3, -0.25) is 9.59 Å². The molecule has 10 heteroatoms. The monoisotopic (exact) mass is 487 g/mol. The van der Waals surface area contributed by atoms with E-state index in [1.807, 2.05) is 13.8 Å². The van der Waals surface area contributed by atoms with Crippen LogP contribution in [0.5, 0.6) is 0 Å². The molecule has 1 aromatic carbocycles. The van der Waals surface area contributed by atoms with Gasteiger partial charge in [-0.05, 0) is 42.2 Å². The summed E-state index contributed by atoms with van der Waals surface area (Å²) in [6, 6.07) is 8.62. The Morgan fingerprint density at radius 2 is 2.03 bits per heavy atom. The third-order valence-corrected chi connectivity index (χ3v) is 6.29. The van der Waals surface area contributed by atoms with Crippen LogP contribution in [0.3, 0.4) is 0 Å². The van der Waals surface area contributed by atoms with Crippen molar-refractivity contribution in [3.8, 4) is 6.07 Å². The molecule has 0 saturated heterocycles. The summed E-state index contributed by atoms with van der Waals surface area (Å²) in [4.78, 5) is 26.2. The number of thiophene rings is 1. The number of carbonyl (C=O) groups excluding carboxylic acids is 2. The molecule has 34 heavy (non-hydrogen) atoms. The summed E-state index contributed by atoms with van der Waals surface area (Å²) in [5, 5.41) is 25.5. The van der Waals surface area contributed by atoms with Gasteiger partial charge in [0.1, 0.15) is 5.57 Å². The van der Waals surface area contributed by atoms with E-state index in [4.69, 9.17) is 4.74 Å². The largest absolute Gasteiger partial charge is 0.481 e. The van der Waals surface area contributed by atoms with Crippen molar-refractivity contribution >= 4 is 23.2 Å². The van der Waals surface area contributed by atoms with Gasteiger partial charge in [0, 0.05) is 17.1 Å². The molecule has 0 radical (unpaired) electrons. The Labute approximate surface area is 199 Å². The maximum Gasteiger partial charge on any atom is 0.286 e. The maximum absolute atomic E-state index is 13.4. The van der Waals surface area contributed by atoms with E-state index < -0.39 is 35.3 Å². The second-order valence-electron chi connectivity index (χ2n) is 8.05. The number of methoxy groups -OCH3 is 1. The van der Waals surface area contributed by atoms with E-state index in [9.17, 15) is 28.7 Å². The Kier molecular flexibility index (Phi) is 7.68. The Balaban J connectivity index is 1.92. The molecule has 1 aliphatic rings. The molecule has 1 aromatic heterocycles. The van der Waals surface area contributed by atoms with E-state index in [0.29, 0.717) is 22.6 Å². The molecule has 2 aromatic rings. The topological polar surface area (TPSA) is 111 Å². The fraction of sp³-hybridized carbons (Fsp3) is 0.292. The predicted molar refractivity (Wildman–Crippen MR) is 121 cm³/mol. The Hall–Kier alpha value is -3.71. The lowest BCUT2D eigenvalue weighted by Gasteiger charge is -2.28. The van der Waals surface area contributed by atoms with E-state index in [-0.39, 0.29) is 28.5 Å². The van der Waals surface area contributed by atoms with Crippen molar-refractivity contribution in [3.05, 3.63) is 80.1 Å². The molecule has 1 unspecified atom stereocenters. The number of hydrogen-bond acceptors (Lipinski definition) is 6. The number of allylic oxidation sites excluding steroid dienone is 2. The van der Waals surface area contributed by atoms with Crippen molar-refractivity contribution in [1.29, 1.82) is 5.26 Å². The third-order valence-electron chi connectivity index (χ3n) is 5.14. The third kappa shape index (κ3) is 5.26. The van der Waals surface area contributed by atoms with Gasteiger partial charge in [0.25, 0.3) is 17.8 Å². The van der Waals surface area contributed by atoms with Crippen LogP contribution >= 0.6 is 11.3 Å². The van der Waals surface area contributed by atoms with Crippen molar-refractivity contribution in [2.24, 2.45) is 5.92 Å². The van der Waals surface area contributed by atoms with Gasteiger partial charge in [0.05, 0.1) is 29.5 Å². The second-order valence-corrected chi connectivity index (χ2v) is 9.16. The second kappa shape index (κ2) is 10.5. The molecule has 2 heterocycles. The summed E-state index contributed by atoms with van der Waals surface area (Å²) in [6.45, 7) is 3.87. The lowest BCUT2D eigenvalue weighted by molar-refractivity contribution is -0.118. The van der Waals surface area contributed by atoms with Crippen LogP contribution in [0.2, 0.25) is 0 Å². The number of aliphatic hydroxyl groups is 1. The van der Waals surface area contributed by atoms with Gasteiger partial charge < -0.3 is 20.5 Å². The van der Waals surface area contributed by atoms with Gasteiger partial charge >= 0.3 is 0 Å². The number of halogens is 2. The van der Waals surface area contributed by atoms with Crippen molar-refractivity contribution in [1.82, 2.24) is 10.6 Å². The van der Waals surface area contributed by atoms with Crippen LogP contribution in [0, 0.1) is 28.9 Å². The van der Waals surface area contributed by atoms with Gasteiger partial charge in [-0.2, -0.15) is 5.26 Å². The predicted octanol–water partition coefficient (Wildman–Crippen LogP) is 4.41. The SMILES string of the molecule is COC(O)=C1C(=O)NC(CC(C)C)=C(C#N)C1c1ccc(C(=O)NCc2ccc(F)c(F)c2)s1. The molecule has 1 aliphatic heterocycles. The molecule has 3 N–H and O–H groups in total. The summed E-state index contributed by atoms with van der Waals surface area (Å²) in [5.74, 6) is -4.41. The Bertz CT molecular complexity index is 1230. The first-order chi connectivity index (χ1) is 16.2. The van der Waals surface area contributed by atoms with E-state index >= 15 is 0 Å². The molecule has 0 aliphatic carbocycles. The van der Waals surface area contributed by atoms with Crippen LogP contribution in [-0.4, -0.2) is 24.0 Å². The van der Waals surface area contributed by atoms with Crippen molar-refractivity contribution in [2.45, 2.75) is 32.7 Å². The first-order valence-corrected chi connectivity index (χ1v) is 11.2. The number of nitriles is 1. The van der Waals surface area contributed by atoms with Crippen LogP contribution in [0.15, 0.2) is 53.1 Å². The van der Waals surface area contributed by atoms with Crippen LogP contribution in [0.25, 0.3) is 0 Å². The summed E-state index contributed by atoms with van der Waals surface area (Å²) < 4.78 is 31.4. The molecule has 178 valence electrons. The minimum atomic E-state index is -1.01. The number of carbonyl (C=O) groups is 2. The zero-order chi connectivity index (χ0) is 25.0. The van der Waals surface area contributed by atoms with Gasteiger partial charge in [0.15, 0.2) is 11.6 Å². The molecule has 0 fully saturated rings. The number of ether oxygens (including phenoxy) is 1. The quantitative estimate of drug-likeness (QED) is 0.396. The van der Waals surface area contributed by atoms with E-state index in [0.717, 1.165) is 23.5 Å². The number of benzene rings is 1. The molecule has 0 saturated carbocycles. The summed E-state index contributed by atoms with van der Waals surface area (Å²) in [5.41, 5.74) is 0.971.